The van der Waals surface area contributed by atoms with Crippen LogP contribution in [0.3, 0.4) is 0 Å². The third kappa shape index (κ3) is 57.1. The summed E-state index contributed by atoms with van der Waals surface area (Å²) in [6.45, 7) is 4.51. The number of carbonyl (C=O) groups is 1. The van der Waals surface area contributed by atoms with E-state index < -0.39 is 26.6 Å². The average Bonchev–Trinajstić information content (AvgIpc) is 3.36. The minimum absolute atomic E-state index is 0.0145. The highest BCUT2D eigenvalue weighted by Crippen LogP contribution is 2.38. The van der Waals surface area contributed by atoms with Gasteiger partial charge in [0.25, 0.3) is 7.82 Å². The van der Waals surface area contributed by atoms with Crippen molar-refractivity contribution in [1.29, 1.82) is 0 Å². The standard InChI is InChI=1S/C65H117N2O6P/c1-6-8-10-12-14-16-18-20-22-24-26-28-30-32-33-35-36-38-40-42-44-46-48-50-52-54-56-58-64(68)63(62-73-74(70,71)72-61-60-67(3,4)5)66-65(69)59-57-55-53-51-49-47-45-43-41-39-37-34-31-29-27-25-23-21-19-17-15-13-11-9-7-2/h9,11,15,17,21,23,27,29,34,37,41,43,48,50,56,58,63-64,68H,6-8,10,12-14,16,18-20,22,24-26,28,30-33,35-36,38-40,42,44-47,49,51-55,57,59-62H2,1-5H3,(H-,66,69,70,71)/b11-9-,17-15-,23-21-,29-27-,37-34-,43-41-,50-48+,58-56+. The maximum atomic E-state index is 13.0. The Hall–Kier alpha value is -2.58. The molecule has 8 nitrogen and oxygen atoms in total. The molecule has 0 aliphatic carbocycles. The van der Waals surface area contributed by atoms with E-state index in [2.05, 4.69) is 104 Å². The fourth-order valence-electron chi connectivity index (χ4n) is 8.53. The van der Waals surface area contributed by atoms with Gasteiger partial charge in [-0.05, 0) is 83.5 Å². The Morgan fingerprint density at radius 2 is 0.838 bits per heavy atom. The van der Waals surface area contributed by atoms with E-state index in [1.165, 1.54) is 135 Å². The van der Waals surface area contributed by atoms with Gasteiger partial charge < -0.3 is 28.8 Å². The van der Waals surface area contributed by atoms with Crippen LogP contribution in [-0.2, 0) is 18.4 Å². The van der Waals surface area contributed by atoms with Crippen LogP contribution in [0.4, 0.5) is 0 Å². The summed E-state index contributed by atoms with van der Waals surface area (Å²) in [5, 5.41) is 13.9. The lowest BCUT2D eigenvalue weighted by atomic mass is 10.0. The second-order valence-electron chi connectivity index (χ2n) is 21.7. The molecule has 0 aromatic heterocycles. The summed E-state index contributed by atoms with van der Waals surface area (Å²) in [5.74, 6) is -0.224. The number of phosphoric acid groups is 1. The van der Waals surface area contributed by atoms with Crippen LogP contribution in [0.5, 0.6) is 0 Å². The molecule has 0 radical (unpaired) electrons. The molecule has 2 N–H and O–H groups in total. The lowest BCUT2D eigenvalue weighted by molar-refractivity contribution is -0.870. The van der Waals surface area contributed by atoms with Crippen LogP contribution >= 0.6 is 7.82 Å². The summed E-state index contributed by atoms with van der Waals surface area (Å²) in [6, 6.07) is -0.920. The SMILES string of the molecule is CC/C=C\C/C=C\C/C=C\C/C=C\C/C=C\C/C=C\CCCCCCCCC(=O)NC(COP(=O)([O-])OCC[N+](C)(C)C)C(O)/C=C/CC/C=C/CCCCCCCCCCCCCCCCCCCCCCC. The summed E-state index contributed by atoms with van der Waals surface area (Å²) in [5.41, 5.74) is 0. The van der Waals surface area contributed by atoms with Crippen molar-refractivity contribution in [1.82, 2.24) is 5.32 Å². The number of rotatable bonds is 55. The van der Waals surface area contributed by atoms with Crippen molar-refractivity contribution in [3.05, 3.63) is 97.2 Å². The zero-order chi connectivity index (χ0) is 54.2. The number of unbranched alkanes of at least 4 members (excludes halogenated alkanes) is 28. The van der Waals surface area contributed by atoms with Crippen molar-refractivity contribution in [2.75, 3.05) is 40.9 Å². The number of likely N-dealkylation sites (N-methyl/N-ethyl adjacent to an activating group) is 1. The molecule has 0 heterocycles. The third-order valence-corrected chi connectivity index (χ3v) is 14.2. The Balaban J connectivity index is 4.28. The molecular formula is C65H117N2O6P. The van der Waals surface area contributed by atoms with Crippen LogP contribution in [0.25, 0.3) is 0 Å². The Labute approximate surface area is 458 Å². The number of hydrogen-bond acceptors (Lipinski definition) is 6. The van der Waals surface area contributed by atoms with Crippen molar-refractivity contribution in [2.45, 2.75) is 270 Å². The summed E-state index contributed by atoms with van der Waals surface area (Å²) < 4.78 is 23.4. The van der Waals surface area contributed by atoms with E-state index in [1.807, 2.05) is 27.2 Å². The average molecular weight is 1050 g/mol. The highest BCUT2D eigenvalue weighted by molar-refractivity contribution is 7.45. The molecular weight excluding hydrogens is 936 g/mol. The lowest BCUT2D eigenvalue weighted by Crippen LogP contribution is -2.45. The van der Waals surface area contributed by atoms with Crippen LogP contribution in [0.15, 0.2) is 97.2 Å². The number of amides is 1. The molecule has 0 aliphatic rings. The molecule has 74 heavy (non-hydrogen) atoms. The van der Waals surface area contributed by atoms with Gasteiger partial charge >= 0.3 is 0 Å². The first kappa shape index (κ1) is 71.4. The molecule has 0 aromatic rings. The zero-order valence-corrected chi connectivity index (χ0v) is 49.7. The molecule has 3 unspecified atom stereocenters. The Morgan fingerprint density at radius 3 is 1.26 bits per heavy atom. The zero-order valence-electron chi connectivity index (χ0n) is 48.8. The molecule has 0 fully saturated rings. The largest absolute Gasteiger partial charge is 0.756 e. The molecule has 0 rings (SSSR count). The molecule has 428 valence electrons. The normalized spacial score (nSPS) is 14.5. The number of allylic oxidation sites excluding steroid dienone is 15. The van der Waals surface area contributed by atoms with Crippen LogP contribution in [0, 0.1) is 0 Å². The first-order valence-electron chi connectivity index (χ1n) is 30.6. The van der Waals surface area contributed by atoms with E-state index in [-0.39, 0.29) is 12.5 Å². The number of aliphatic hydroxyl groups excluding tert-OH is 1. The van der Waals surface area contributed by atoms with Crippen molar-refractivity contribution >= 4 is 13.7 Å². The van der Waals surface area contributed by atoms with Crippen molar-refractivity contribution in [3.63, 3.8) is 0 Å². The maximum absolute atomic E-state index is 13.0. The van der Waals surface area contributed by atoms with Crippen LogP contribution in [0.1, 0.15) is 258 Å². The quantitative estimate of drug-likeness (QED) is 0.0272. The van der Waals surface area contributed by atoms with Gasteiger partial charge in [0.15, 0.2) is 0 Å². The predicted octanol–water partition coefficient (Wildman–Crippen LogP) is 18.4. The molecule has 9 heteroatoms. The Kier molecular flexibility index (Phi) is 53.3. The van der Waals surface area contributed by atoms with Gasteiger partial charge in [0.05, 0.1) is 39.9 Å². The second kappa shape index (κ2) is 55.2. The van der Waals surface area contributed by atoms with Crippen LogP contribution < -0.4 is 10.2 Å². The first-order chi connectivity index (χ1) is 36.0. The van der Waals surface area contributed by atoms with Gasteiger partial charge in [-0.3, -0.25) is 9.36 Å². The first-order valence-corrected chi connectivity index (χ1v) is 32.1. The maximum Gasteiger partial charge on any atom is 0.268 e. The van der Waals surface area contributed by atoms with Gasteiger partial charge in [-0.2, -0.15) is 0 Å². The molecule has 3 atom stereocenters. The number of nitrogens with one attached hydrogen (secondary N) is 1. The van der Waals surface area contributed by atoms with Crippen LogP contribution in [-0.4, -0.2) is 68.5 Å². The molecule has 0 spiro atoms. The predicted molar refractivity (Wildman–Crippen MR) is 320 cm³/mol. The minimum atomic E-state index is -4.62. The van der Waals surface area contributed by atoms with Gasteiger partial charge in [-0.15, -0.1) is 0 Å². The monoisotopic (exact) mass is 1050 g/mol. The highest BCUT2D eigenvalue weighted by Gasteiger charge is 2.23. The number of phosphoric ester groups is 1. The summed E-state index contributed by atoms with van der Waals surface area (Å²) in [7, 11) is 1.22. The molecule has 1 amide bonds. The van der Waals surface area contributed by atoms with E-state index in [1.54, 1.807) is 6.08 Å². The van der Waals surface area contributed by atoms with E-state index in [0.717, 1.165) is 103 Å². The van der Waals surface area contributed by atoms with Crippen molar-refractivity contribution in [2.24, 2.45) is 0 Å². The van der Waals surface area contributed by atoms with E-state index in [4.69, 9.17) is 9.05 Å². The topological polar surface area (TPSA) is 108 Å². The van der Waals surface area contributed by atoms with Gasteiger partial charge in [0, 0.05) is 6.42 Å². The fraction of sp³-hybridized carbons (Fsp3) is 0.738. The number of nitrogens with zero attached hydrogens (tertiary/aromatic N) is 1. The van der Waals surface area contributed by atoms with E-state index >= 15 is 0 Å². The van der Waals surface area contributed by atoms with Crippen molar-refractivity contribution < 1.29 is 32.9 Å². The number of carbonyl (C=O) groups excluding carboxylic acids is 1. The smallest absolute Gasteiger partial charge is 0.268 e. The van der Waals surface area contributed by atoms with Gasteiger partial charge in [0.2, 0.25) is 5.91 Å². The summed E-state index contributed by atoms with van der Waals surface area (Å²) in [6.07, 6.45) is 79.3. The van der Waals surface area contributed by atoms with Crippen LogP contribution in [0.2, 0.25) is 0 Å². The number of hydrogen-bond donors (Lipinski definition) is 2. The van der Waals surface area contributed by atoms with E-state index in [9.17, 15) is 19.4 Å². The highest BCUT2D eigenvalue weighted by atomic mass is 31.2. The van der Waals surface area contributed by atoms with Gasteiger partial charge in [-0.1, -0.05) is 265 Å². The number of quaternary nitrogens is 1. The minimum Gasteiger partial charge on any atom is -0.756 e. The molecule has 0 aliphatic heterocycles. The Morgan fingerprint density at radius 1 is 0.486 bits per heavy atom. The van der Waals surface area contributed by atoms with E-state index in [0.29, 0.717) is 17.4 Å². The van der Waals surface area contributed by atoms with Gasteiger partial charge in [-0.25, -0.2) is 0 Å². The number of aliphatic hydroxyl groups is 1. The molecule has 0 saturated heterocycles. The third-order valence-electron chi connectivity index (χ3n) is 13.3. The Bertz CT molecular complexity index is 1520. The lowest BCUT2D eigenvalue weighted by Gasteiger charge is -2.29. The van der Waals surface area contributed by atoms with Crippen molar-refractivity contribution in [3.8, 4) is 0 Å². The molecule has 0 saturated carbocycles. The summed E-state index contributed by atoms with van der Waals surface area (Å²) in [4.78, 5) is 25.5. The molecule has 0 bridgehead atoms. The molecule has 0 aromatic carbocycles. The summed E-state index contributed by atoms with van der Waals surface area (Å²) >= 11 is 0. The fourth-order valence-corrected chi connectivity index (χ4v) is 9.25. The van der Waals surface area contributed by atoms with Gasteiger partial charge in [0.1, 0.15) is 13.2 Å². The second-order valence-corrected chi connectivity index (χ2v) is 23.1.